The van der Waals surface area contributed by atoms with Gasteiger partial charge >= 0.3 is 0 Å². The minimum Gasteiger partial charge on any atom is -0.357 e. The van der Waals surface area contributed by atoms with E-state index in [1.807, 2.05) is 6.20 Å². The Morgan fingerprint density at radius 1 is 1.15 bits per heavy atom. The van der Waals surface area contributed by atoms with Crippen LogP contribution in [0.5, 0.6) is 0 Å². The van der Waals surface area contributed by atoms with Gasteiger partial charge in [0.2, 0.25) is 0 Å². The fourth-order valence-corrected chi connectivity index (χ4v) is 2.27. The van der Waals surface area contributed by atoms with E-state index in [2.05, 4.69) is 62.0 Å². The number of nitrogens with one attached hydrogen (secondary N) is 1. The fourth-order valence-electron chi connectivity index (χ4n) is 2.27. The van der Waals surface area contributed by atoms with Crippen molar-refractivity contribution >= 4 is 5.82 Å². The number of nitrogens with zero attached hydrogens (tertiary/aromatic N) is 2. The van der Waals surface area contributed by atoms with Crippen LogP contribution in [0.25, 0.3) is 0 Å². The fraction of sp³-hybridized carbons (Fsp3) is 0.706. The Kier molecular flexibility index (Phi) is 7.60. The Labute approximate surface area is 124 Å². The molecule has 3 heteroatoms. The number of rotatable bonds is 9. The van der Waals surface area contributed by atoms with Crippen molar-refractivity contribution in [2.24, 2.45) is 5.92 Å². The van der Waals surface area contributed by atoms with Crippen LogP contribution in [0, 0.1) is 5.92 Å². The van der Waals surface area contributed by atoms with Crippen molar-refractivity contribution in [2.75, 3.05) is 18.0 Å². The van der Waals surface area contributed by atoms with Crippen LogP contribution in [0.4, 0.5) is 5.82 Å². The van der Waals surface area contributed by atoms with Gasteiger partial charge in [0.25, 0.3) is 0 Å². The summed E-state index contributed by atoms with van der Waals surface area (Å²) in [5, 5.41) is 3.42. The Balaban J connectivity index is 2.64. The van der Waals surface area contributed by atoms with Gasteiger partial charge in [-0.25, -0.2) is 4.98 Å². The first kappa shape index (κ1) is 17.0. The van der Waals surface area contributed by atoms with E-state index in [4.69, 9.17) is 0 Å². The van der Waals surface area contributed by atoms with Gasteiger partial charge in [0.15, 0.2) is 0 Å². The van der Waals surface area contributed by atoms with Crippen LogP contribution in [-0.2, 0) is 6.54 Å². The molecule has 0 radical (unpaired) electrons. The second-order valence-electron chi connectivity index (χ2n) is 5.78. The number of hydrogen-bond donors (Lipinski definition) is 1. The molecule has 0 aliphatic rings. The molecule has 0 aliphatic heterocycles. The molecule has 0 unspecified atom stereocenters. The highest BCUT2D eigenvalue weighted by Crippen LogP contribution is 2.16. The highest BCUT2D eigenvalue weighted by Gasteiger charge is 2.11. The van der Waals surface area contributed by atoms with Crippen molar-refractivity contribution in [3.8, 4) is 0 Å². The van der Waals surface area contributed by atoms with Crippen molar-refractivity contribution in [1.82, 2.24) is 10.3 Å². The van der Waals surface area contributed by atoms with E-state index in [1.54, 1.807) is 0 Å². The molecule has 3 nitrogen and oxygen atoms in total. The monoisotopic (exact) mass is 277 g/mol. The summed E-state index contributed by atoms with van der Waals surface area (Å²) < 4.78 is 0. The van der Waals surface area contributed by atoms with Crippen LogP contribution < -0.4 is 10.2 Å². The third kappa shape index (κ3) is 5.49. The highest BCUT2D eigenvalue weighted by molar-refractivity contribution is 5.39. The minimum absolute atomic E-state index is 0.511. The largest absolute Gasteiger partial charge is 0.357 e. The molecule has 1 aromatic heterocycles. The third-order valence-electron chi connectivity index (χ3n) is 3.86. The number of hydrogen-bond acceptors (Lipinski definition) is 3. The molecule has 0 saturated carbocycles. The molecule has 20 heavy (non-hydrogen) atoms. The van der Waals surface area contributed by atoms with E-state index >= 15 is 0 Å². The van der Waals surface area contributed by atoms with Crippen LogP contribution in [0.15, 0.2) is 18.3 Å². The first-order chi connectivity index (χ1) is 9.60. The summed E-state index contributed by atoms with van der Waals surface area (Å²) in [5.41, 5.74) is 1.25. The first-order valence-electron chi connectivity index (χ1n) is 8.03. The zero-order valence-electron chi connectivity index (χ0n) is 13.8. The molecular weight excluding hydrogens is 246 g/mol. The third-order valence-corrected chi connectivity index (χ3v) is 3.86. The van der Waals surface area contributed by atoms with E-state index in [9.17, 15) is 0 Å². The van der Waals surface area contributed by atoms with Gasteiger partial charge in [0.1, 0.15) is 5.82 Å². The van der Waals surface area contributed by atoms with Crippen LogP contribution in [0.3, 0.4) is 0 Å². The lowest BCUT2D eigenvalue weighted by atomic mass is 10.0. The number of aromatic nitrogens is 1. The van der Waals surface area contributed by atoms with Crippen LogP contribution in [0.2, 0.25) is 0 Å². The molecule has 0 bridgehead atoms. The maximum Gasteiger partial charge on any atom is 0.128 e. The van der Waals surface area contributed by atoms with Crippen molar-refractivity contribution in [3.63, 3.8) is 0 Å². The zero-order chi connectivity index (χ0) is 15.0. The first-order valence-corrected chi connectivity index (χ1v) is 8.03. The van der Waals surface area contributed by atoms with Crippen LogP contribution in [0.1, 0.15) is 53.0 Å². The van der Waals surface area contributed by atoms with Crippen molar-refractivity contribution < 1.29 is 0 Å². The standard InChI is InChI=1S/C17H31N3/c1-6-15(7-2)13-20(8-3)17-10-9-16(12-19-17)11-18-14(4)5/h9-10,12,14-15,18H,6-8,11,13H2,1-5H3. The van der Waals surface area contributed by atoms with Crippen LogP contribution >= 0.6 is 0 Å². The lowest BCUT2D eigenvalue weighted by Gasteiger charge is -2.26. The lowest BCUT2D eigenvalue weighted by molar-refractivity contribution is 0.484. The van der Waals surface area contributed by atoms with Crippen molar-refractivity contribution in [2.45, 2.75) is 60.0 Å². The zero-order valence-corrected chi connectivity index (χ0v) is 13.8. The van der Waals surface area contributed by atoms with Gasteiger partial charge in [-0.05, 0) is 24.5 Å². The number of pyridine rings is 1. The van der Waals surface area contributed by atoms with Gasteiger partial charge in [-0.3, -0.25) is 0 Å². The molecular formula is C17H31N3. The Morgan fingerprint density at radius 3 is 2.30 bits per heavy atom. The molecule has 0 aromatic carbocycles. The van der Waals surface area contributed by atoms with Gasteiger partial charge in [-0.2, -0.15) is 0 Å². The van der Waals surface area contributed by atoms with Gasteiger partial charge in [0, 0.05) is 31.9 Å². The van der Waals surface area contributed by atoms with E-state index in [0.29, 0.717) is 6.04 Å². The normalized spacial score (nSPS) is 11.3. The molecule has 1 heterocycles. The van der Waals surface area contributed by atoms with Crippen LogP contribution in [-0.4, -0.2) is 24.1 Å². The molecule has 0 fully saturated rings. The molecule has 1 aromatic rings. The predicted octanol–water partition coefficient (Wildman–Crippen LogP) is 3.84. The Morgan fingerprint density at radius 2 is 1.85 bits per heavy atom. The molecule has 1 rings (SSSR count). The summed E-state index contributed by atoms with van der Waals surface area (Å²) in [5.74, 6) is 1.87. The van der Waals surface area contributed by atoms with Gasteiger partial charge < -0.3 is 10.2 Å². The summed E-state index contributed by atoms with van der Waals surface area (Å²) in [6, 6.07) is 4.85. The highest BCUT2D eigenvalue weighted by atomic mass is 15.2. The molecule has 0 saturated heterocycles. The molecule has 0 atom stereocenters. The smallest absolute Gasteiger partial charge is 0.128 e. The molecule has 0 amide bonds. The van der Waals surface area contributed by atoms with E-state index in [1.165, 1.54) is 18.4 Å². The van der Waals surface area contributed by atoms with Gasteiger partial charge in [-0.15, -0.1) is 0 Å². The molecule has 114 valence electrons. The summed E-state index contributed by atoms with van der Waals surface area (Å²) in [6.45, 7) is 14.1. The summed E-state index contributed by atoms with van der Waals surface area (Å²) in [6.07, 6.45) is 4.48. The quantitative estimate of drug-likeness (QED) is 0.743. The average molecular weight is 277 g/mol. The molecule has 0 spiro atoms. The summed E-state index contributed by atoms with van der Waals surface area (Å²) >= 11 is 0. The maximum absolute atomic E-state index is 4.64. The minimum atomic E-state index is 0.511. The number of anilines is 1. The average Bonchev–Trinajstić information content (AvgIpc) is 2.47. The van der Waals surface area contributed by atoms with Gasteiger partial charge in [0.05, 0.1) is 0 Å². The van der Waals surface area contributed by atoms with Crippen molar-refractivity contribution in [3.05, 3.63) is 23.9 Å². The van der Waals surface area contributed by atoms with Gasteiger partial charge in [-0.1, -0.05) is 46.6 Å². The molecule has 1 N–H and O–H groups in total. The predicted molar refractivity (Wildman–Crippen MR) is 88.2 cm³/mol. The Hall–Kier alpha value is -1.09. The van der Waals surface area contributed by atoms with E-state index < -0.39 is 0 Å². The Bertz CT molecular complexity index is 355. The summed E-state index contributed by atoms with van der Waals surface area (Å²) in [7, 11) is 0. The second-order valence-corrected chi connectivity index (χ2v) is 5.78. The van der Waals surface area contributed by atoms with Crippen molar-refractivity contribution in [1.29, 1.82) is 0 Å². The maximum atomic E-state index is 4.64. The van der Waals surface area contributed by atoms with E-state index in [-0.39, 0.29) is 0 Å². The second kappa shape index (κ2) is 8.96. The SMILES string of the molecule is CCC(CC)CN(CC)c1ccc(CNC(C)C)cn1. The topological polar surface area (TPSA) is 28.2 Å². The van der Waals surface area contributed by atoms with E-state index in [0.717, 1.165) is 31.4 Å². The summed E-state index contributed by atoms with van der Waals surface area (Å²) in [4.78, 5) is 7.02. The lowest BCUT2D eigenvalue weighted by Crippen LogP contribution is -2.29. The molecule has 0 aliphatic carbocycles.